The molecule has 34 heavy (non-hydrogen) atoms. The highest BCUT2D eigenvalue weighted by atomic mass is 32.2. The summed E-state index contributed by atoms with van der Waals surface area (Å²) in [6, 6.07) is 23.1. The average Bonchev–Trinajstić information content (AvgIpc) is 2.80. The number of hydrogen-bond acceptors (Lipinski definition) is 4. The molecule has 0 radical (unpaired) electrons. The number of pyridine rings is 1. The van der Waals surface area contributed by atoms with Gasteiger partial charge < -0.3 is 4.74 Å². The topological polar surface area (TPSA) is 68.3 Å². The Labute approximate surface area is 199 Å². The number of nitrogens with one attached hydrogen (secondary N) is 1. The Morgan fingerprint density at radius 3 is 2.26 bits per heavy atom. The molecule has 0 saturated carbocycles. The third kappa shape index (κ3) is 5.10. The van der Waals surface area contributed by atoms with Gasteiger partial charge in [-0.25, -0.2) is 17.8 Å². The summed E-state index contributed by atoms with van der Waals surface area (Å²) in [5, 5.41) is 0. The van der Waals surface area contributed by atoms with E-state index in [1.54, 1.807) is 48.7 Å². The molecule has 174 valence electrons. The Morgan fingerprint density at radius 1 is 0.853 bits per heavy atom. The molecule has 4 aromatic rings. The molecule has 1 heterocycles. The highest BCUT2D eigenvalue weighted by Gasteiger charge is 2.23. The molecule has 0 bridgehead atoms. The van der Waals surface area contributed by atoms with Crippen LogP contribution in [0.2, 0.25) is 0 Å². The normalized spacial score (nSPS) is 11.8. The summed E-state index contributed by atoms with van der Waals surface area (Å²) >= 11 is 0. The van der Waals surface area contributed by atoms with Gasteiger partial charge in [-0.15, -0.1) is 0 Å². The molecule has 0 atom stereocenters. The maximum absolute atomic E-state index is 13.4. The van der Waals surface area contributed by atoms with Gasteiger partial charge in [0.25, 0.3) is 10.0 Å². The summed E-state index contributed by atoms with van der Waals surface area (Å²) in [6.07, 6.45) is 1.54. The minimum absolute atomic E-state index is 0.0616. The number of ether oxygens (including phenoxy) is 1. The van der Waals surface area contributed by atoms with Crippen molar-refractivity contribution < 1.29 is 17.5 Å². The minimum atomic E-state index is -4.02. The SMILES string of the molecule is CC(C)(C)c1ccccc1Oc1ncccc1NS(=O)(=O)c1ccccc1-c1ccc(F)cc1. The molecule has 0 aliphatic heterocycles. The number of rotatable bonds is 6. The lowest BCUT2D eigenvalue weighted by Gasteiger charge is -2.23. The minimum Gasteiger partial charge on any atom is -0.437 e. The number of nitrogens with zero attached hydrogens (tertiary/aromatic N) is 1. The maximum Gasteiger partial charge on any atom is 0.262 e. The Kier molecular flexibility index (Phi) is 6.39. The fourth-order valence-electron chi connectivity index (χ4n) is 3.60. The van der Waals surface area contributed by atoms with Crippen molar-refractivity contribution in [3.05, 3.63) is 103 Å². The first-order valence-corrected chi connectivity index (χ1v) is 12.2. The summed E-state index contributed by atoms with van der Waals surface area (Å²) in [4.78, 5) is 4.34. The smallest absolute Gasteiger partial charge is 0.262 e. The van der Waals surface area contributed by atoms with E-state index in [4.69, 9.17) is 4.74 Å². The largest absolute Gasteiger partial charge is 0.437 e. The summed E-state index contributed by atoms with van der Waals surface area (Å²) in [7, 11) is -4.02. The van der Waals surface area contributed by atoms with E-state index in [0.717, 1.165) is 5.56 Å². The predicted octanol–water partition coefficient (Wildman–Crippen LogP) is 6.78. The van der Waals surface area contributed by atoms with E-state index in [-0.39, 0.29) is 21.9 Å². The van der Waals surface area contributed by atoms with Gasteiger partial charge in [0, 0.05) is 17.3 Å². The highest BCUT2D eigenvalue weighted by Crippen LogP contribution is 2.36. The molecule has 4 rings (SSSR count). The van der Waals surface area contributed by atoms with Crippen LogP contribution in [-0.2, 0) is 15.4 Å². The van der Waals surface area contributed by atoms with E-state index in [2.05, 4.69) is 30.5 Å². The molecule has 7 heteroatoms. The van der Waals surface area contributed by atoms with Gasteiger partial charge in [0.1, 0.15) is 17.3 Å². The first kappa shape index (κ1) is 23.4. The molecule has 0 aliphatic rings. The number of aromatic nitrogens is 1. The fourth-order valence-corrected chi connectivity index (χ4v) is 4.89. The van der Waals surface area contributed by atoms with Crippen LogP contribution >= 0.6 is 0 Å². The van der Waals surface area contributed by atoms with Crippen molar-refractivity contribution in [1.29, 1.82) is 0 Å². The Balaban J connectivity index is 1.70. The molecule has 3 aromatic carbocycles. The average molecular weight is 477 g/mol. The first-order valence-electron chi connectivity index (χ1n) is 10.8. The standard InChI is InChI=1S/C27H25FN2O3S/c1-27(2,3)22-10-5-6-12-24(22)33-26-23(11-8-18-29-26)30-34(31,32)25-13-7-4-9-21(25)19-14-16-20(28)17-15-19/h4-18,30H,1-3H3. The lowest BCUT2D eigenvalue weighted by molar-refractivity contribution is 0.442. The number of halogens is 1. The van der Waals surface area contributed by atoms with Crippen LogP contribution in [0.3, 0.4) is 0 Å². The van der Waals surface area contributed by atoms with Crippen LogP contribution in [0.25, 0.3) is 11.1 Å². The summed E-state index contributed by atoms with van der Waals surface area (Å²) < 4.78 is 49.0. The number of benzene rings is 3. The Hall–Kier alpha value is -3.71. The van der Waals surface area contributed by atoms with Crippen LogP contribution in [-0.4, -0.2) is 13.4 Å². The van der Waals surface area contributed by atoms with Crippen molar-refractivity contribution >= 4 is 15.7 Å². The van der Waals surface area contributed by atoms with Gasteiger partial charge in [-0.1, -0.05) is 69.3 Å². The van der Waals surface area contributed by atoms with Gasteiger partial charge in [0.05, 0.1) is 4.90 Å². The van der Waals surface area contributed by atoms with Gasteiger partial charge in [-0.05, 0) is 47.4 Å². The number of sulfonamides is 1. The van der Waals surface area contributed by atoms with Crippen molar-refractivity contribution in [2.24, 2.45) is 0 Å². The van der Waals surface area contributed by atoms with E-state index >= 15 is 0 Å². The molecular formula is C27H25FN2O3S. The lowest BCUT2D eigenvalue weighted by Crippen LogP contribution is -2.15. The van der Waals surface area contributed by atoms with Gasteiger partial charge in [-0.2, -0.15) is 0 Å². The maximum atomic E-state index is 13.4. The molecule has 0 saturated heterocycles. The van der Waals surface area contributed by atoms with Crippen LogP contribution in [0.5, 0.6) is 11.6 Å². The van der Waals surface area contributed by atoms with E-state index in [1.807, 2.05) is 24.3 Å². The third-order valence-corrected chi connectivity index (χ3v) is 6.67. The second-order valence-electron chi connectivity index (χ2n) is 8.81. The quantitative estimate of drug-likeness (QED) is 0.333. The molecule has 0 aliphatic carbocycles. The van der Waals surface area contributed by atoms with Crippen LogP contribution in [0.4, 0.5) is 10.1 Å². The number of para-hydroxylation sites is 1. The van der Waals surface area contributed by atoms with E-state index < -0.39 is 15.8 Å². The monoisotopic (exact) mass is 476 g/mol. The van der Waals surface area contributed by atoms with Gasteiger partial charge in [0.15, 0.2) is 0 Å². The Morgan fingerprint density at radius 2 is 1.53 bits per heavy atom. The molecule has 1 aromatic heterocycles. The second-order valence-corrected chi connectivity index (χ2v) is 10.5. The van der Waals surface area contributed by atoms with Gasteiger partial charge in [0.2, 0.25) is 5.88 Å². The highest BCUT2D eigenvalue weighted by molar-refractivity contribution is 7.92. The molecule has 5 nitrogen and oxygen atoms in total. The molecular weight excluding hydrogens is 451 g/mol. The Bertz CT molecular complexity index is 1410. The van der Waals surface area contributed by atoms with Crippen LogP contribution in [0.15, 0.2) is 96.0 Å². The van der Waals surface area contributed by atoms with Crippen molar-refractivity contribution in [3.63, 3.8) is 0 Å². The van der Waals surface area contributed by atoms with Crippen LogP contribution in [0, 0.1) is 5.82 Å². The zero-order chi connectivity index (χ0) is 24.3. The fraction of sp³-hybridized carbons (Fsp3) is 0.148. The predicted molar refractivity (Wildman–Crippen MR) is 132 cm³/mol. The van der Waals surface area contributed by atoms with Gasteiger partial charge >= 0.3 is 0 Å². The second kappa shape index (κ2) is 9.27. The van der Waals surface area contributed by atoms with E-state index in [0.29, 0.717) is 16.9 Å². The summed E-state index contributed by atoms with van der Waals surface area (Å²) in [6.45, 7) is 6.22. The third-order valence-electron chi connectivity index (χ3n) is 5.25. The van der Waals surface area contributed by atoms with Crippen molar-refractivity contribution in [1.82, 2.24) is 4.98 Å². The molecule has 0 spiro atoms. The van der Waals surface area contributed by atoms with E-state index in [1.165, 1.54) is 18.2 Å². The van der Waals surface area contributed by atoms with Crippen molar-refractivity contribution in [2.45, 2.75) is 31.1 Å². The first-order chi connectivity index (χ1) is 16.1. The van der Waals surface area contributed by atoms with Crippen molar-refractivity contribution in [2.75, 3.05) is 4.72 Å². The van der Waals surface area contributed by atoms with E-state index in [9.17, 15) is 12.8 Å². The van der Waals surface area contributed by atoms with Crippen LogP contribution in [0.1, 0.15) is 26.3 Å². The molecule has 0 fully saturated rings. The lowest BCUT2D eigenvalue weighted by atomic mass is 9.86. The summed E-state index contributed by atoms with van der Waals surface area (Å²) in [5.41, 5.74) is 2.04. The zero-order valence-corrected chi connectivity index (χ0v) is 19.9. The molecule has 0 unspecified atom stereocenters. The number of hydrogen-bond donors (Lipinski definition) is 1. The summed E-state index contributed by atoms with van der Waals surface area (Å²) in [5.74, 6) is 0.345. The van der Waals surface area contributed by atoms with Crippen LogP contribution < -0.4 is 9.46 Å². The van der Waals surface area contributed by atoms with Gasteiger partial charge in [-0.3, -0.25) is 4.72 Å². The molecule has 0 amide bonds. The van der Waals surface area contributed by atoms with Crippen molar-refractivity contribution in [3.8, 4) is 22.8 Å². The number of anilines is 1. The molecule has 1 N–H and O–H groups in total. The zero-order valence-electron chi connectivity index (χ0n) is 19.1.